The number of halogens is 2. The zero-order valence-corrected chi connectivity index (χ0v) is 15.5. The van der Waals surface area contributed by atoms with Crippen LogP contribution in [0.25, 0.3) is 0 Å². The fourth-order valence-corrected chi connectivity index (χ4v) is 2.52. The molecule has 0 aromatic heterocycles. The Labute approximate surface area is 170 Å². The SMILES string of the molecule is N#Cc1ccc(COc2ccc(NC(=O)NC(=O)c3c(F)cccc3F)cc2)cc1. The smallest absolute Gasteiger partial charge is 0.326 e. The van der Waals surface area contributed by atoms with Gasteiger partial charge < -0.3 is 10.1 Å². The Bertz CT molecular complexity index is 1090. The molecule has 3 aromatic carbocycles. The number of amides is 3. The lowest BCUT2D eigenvalue weighted by molar-refractivity contribution is 0.0959. The summed E-state index contributed by atoms with van der Waals surface area (Å²) in [5.41, 5.74) is 0.956. The van der Waals surface area contributed by atoms with Crippen molar-refractivity contribution in [3.05, 3.63) is 95.1 Å². The molecule has 0 atom stereocenters. The van der Waals surface area contributed by atoms with Gasteiger partial charge in [0.25, 0.3) is 5.91 Å². The molecule has 0 spiro atoms. The molecule has 0 saturated heterocycles. The number of benzene rings is 3. The highest BCUT2D eigenvalue weighted by Gasteiger charge is 2.19. The van der Waals surface area contributed by atoms with Crippen molar-refractivity contribution in [3.63, 3.8) is 0 Å². The number of nitrogens with zero attached hydrogens (tertiary/aromatic N) is 1. The van der Waals surface area contributed by atoms with Gasteiger partial charge >= 0.3 is 6.03 Å². The average molecular weight is 407 g/mol. The Kier molecular flexibility index (Phi) is 6.35. The van der Waals surface area contributed by atoms with E-state index in [1.54, 1.807) is 48.5 Å². The number of ether oxygens (including phenoxy) is 1. The predicted molar refractivity (Wildman–Crippen MR) is 105 cm³/mol. The van der Waals surface area contributed by atoms with Crippen molar-refractivity contribution in [2.75, 3.05) is 5.32 Å². The first-order valence-electron chi connectivity index (χ1n) is 8.74. The van der Waals surface area contributed by atoms with Crippen molar-refractivity contribution in [2.24, 2.45) is 0 Å². The molecule has 0 aliphatic rings. The van der Waals surface area contributed by atoms with Gasteiger partial charge in [-0.1, -0.05) is 18.2 Å². The van der Waals surface area contributed by atoms with Crippen LogP contribution in [0.15, 0.2) is 66.7 Å². The van der Waals surface area contributed by atoms with Crippen LogP contribution in [0.2, 0.25) is 0 Å². The molecule has 0 aliphatic heterocycles. The van der Waals surface area contributed by atoms with Gasteiger partial charge in [-0.15, -0.1) is 0 Å². The van der Waals surface area contributed by atoms with Crippen LogP contribution in [-0.4, -0.2) is 11.9 Å². The number of carbonyl (C=O) groups is 2. The van der Waals surface area contributed by atoms with E-state index < -0.39 is 29.1 Å². The summed E-state index contributed by atoms with van der Waals surface area (Å²) >= 11 is 0. The van der Waals surface area contributed by atoms with Gasteiger partial charge in [0.05, 0.1) is 11.6 Å². The zero-order chi connectivity index (χ0) is 21.5. The van der Waals surface area contributed by atoms with Crippen molar-refractivity contribution in [2.45, 2.75) is 6.61 Å². The number of carbonyl (C=O) groups excluding carboxylic acids is 2. The molecular weight excluding hydrogens is 392 g/mol. The second-order valence-electron chi connectivity index (χ2n) is 6.13. The van der Waals surface area contributed by atoms with Gasteiger partial charge in [-0.3, -0.25) is 10.1 Å². The summed E-state index contributed by atoms with van der Waals surface area (Å²) in [6.07, 6.45) is 0. The standard InChI is InChI=1S/C22H15F2N3O3/c23-18-2-1-3-19(24)20(18)21(28)27-22(29)26-16-8-10-17(11-9-16)30-13-15-6-4-14(12-25)5-7-15/h1-11H,13H2,(H2,26,27,28,29). The number of nitrogens with one attached hydrogen (secondary N) is 2. The number of anilines is 1. The maximum Gasteiger partial charge on any atom is 0.326 e. The number of rotatable bonds is 5. The topological polar surface area (TPSA) is 91.2 Å². The minimum absolute atomic E-state index is 0.293. The number of nitriles is 1. The van der Waals surface area contributed by atoms with Crippen molar-refractivity contribution in [1.82, 2.24) is 5.32 Å². The minimum atomic E-state index is -1.19. The molecule has 0 unspecified atom stereocenters. The fourth-order valence-electron chi connectivity index (χ4n) is 2.52. The van der Waals surface area contributed by atoms with Crippen molar-refractivity contribution in [1.29, 1.82) is 5.26 Å². The van der Waals surface area contributed by atoms with Crippen LogP contribution >= 0.6 is 0 Å². The van der Waals surface area contributed by atoms with Crippen molar-refractivity contribution in [3.8, 4) is 11.8 Å². The van der Waals surface area contributed by atoms with Crippen molar-refractivity contribution >= 4 is 17.6 Å². The van der Waals surface area contributed by atoms with Crippen LogP contribution in [-0.2, 0) is 6.61 Å². The third kappa shape index (κ3) is 5.17. The molecule has 0 aliphatic carbocycles. The van der Waals surface area contributed by atoms with Gasteiger partial charge in [-0.25, -0.2) is 13.6 Å². The van der Waals surface area contributed by atoms with E-state index in [4.69, 9.17) is 10.00 Å². The molecule has 0 radical (unpaired) electrons. The Morgan fingerprint density at radius 2 is 1.57 bits per heavy atom. The van der Waals surface area contributed by atoms with Crippen LogP contribution in [0.1, 0.15) is 21.5 Å². The van der Waals surface area contributed by atoms with E-state index in [-0.39, 0.29) is 0 Å². The Hall–Kier alpha value is -4.25. The molecule has 30 heavy (non-hydrogen) atoms. The molecule has 3 rings (SSSR count). The van der Waals surface area contributed by atoms with Crippen LogP contribution in [0.5, 0.6) is 5.75 Å². The average Bonchev–Trinajstić information content (AvgIpc) is 2.73. The number of hydrogen-bond donors (Lipinski definition) is 2. The van der Waals surface area contributed by atoms with E-state index in [1.807, 2.05) is 11.4 Å². The third-order valence-electron chi connectivity index (χ3n) is 4.02. The van der Waals surface area contributed by atoms with E-state index in [1.165, 1.54) is 0 Å². The summed E-state index contributed by atoms with van der Waals surface area (Å²) in [5.74, 6) is -2.78. The lowest BCUT2D eigenvalue weighted by Crippen LogP contribution is -2.35. The molecular formula is C22H15F2N3O3. The first-order valence-corrected chi connectivity index (χ1v) is 8.74. The summed E-state index contributed by atoms with van der Waals surface area (Å²) in [7, 11) is 0. The van der Waals surface area contributed by atoms with Gasteiger partial charge in [-0.2, -0.15) is 5.26 Å². The largest absolute Gasteiger partial charge is 0.489 e. The molecule has 150 valence electrons. The van der Waals surface area contributed by atoms with E-state index in [9.17, 15) is 18.4 Å². The fraction of sp³-hybridized carbons (Fsp3) is 0.0455. The monoisotopic (exact) mass is 407 g/mol. The normalized spacial score (nSPS) is 10.0. The maximum atomic E-state index is 13.6. The Morgan fingerprint density at radius 3 is 2.17 bits per heavy atom. The molecule has 3 amide bonds. The molecule has 2 N–H and O–H groups in total. The lowest BCUT2D eigenvalue weighted by atomic mass is 10.1. The van der Waals surface area contributed by atoms with E-state index in [0.717, 1.165) is 23.8 Å². The van der Waals surface area contributed by atoms with Crippen LogP contribution in [0.4, 0.5) is 19.3 Å². The third-order valence-corrected chi connectivity index (χ3v) is 4.02. The summed E-state index contributed by atoms with van der Waals surface area (Å²) in [6, 6.07) is 17.3. The van der Waals surface area contributed by atoms with E-state index >= 15 is 0 Å². The minimum Gasteiger partial charge on any atom is -0.489 e. The first-order chi connectivity index (χ1) is 14.5. The maximum absolute atomic E-state index is 13.6. The van der Waals surface area contributed by atoms with Crippen LogP contribution in [0.3, 0.4) is 0 Å². The zero-order valence-electron chi connectivity index (χ0n) is 15.5. The number of hydrogen-bond acceptors (Lipinski definition) is 4. The molecule has 3 aromatic rings. The summed E-state index contributed by atoms with van der Waals surface area (Å²) in [6.45, 7) is 0.293. The van der Waals surface area contributed by atoms with Gasteiger partial charge in [0, 0.05) is 5.69 Å². The molecule has 8 heteroatoms. The Balaban J connectivity index is 1.54. The molecule has 0 fully saturated rings. The highest BCUT2D eigenvalue weighted by atomic mass is 19.1. The molecule has 6 nitrogen and oxygen atoms in total. The highest BCUT2D eigenvalue weighted by Crippen LogP contribution is 2.17. The number of urea groups is 1. The first kappa shape index (κ1) is 20.5. The highest BCUT2D eigenvalue weighted by molar-refractivity contribution is 6.08. The molecule has 0 heterocycles. The summed E-state index contributed by atoms with van der Waals surface area (Å²) in [5, 5.41) is 13.1. The second kappa shape index (κ2) is 9.30. The van der Waals surface area contributed by atoms with Crippen LogP contribution in [0, 0.1) is 23.0 Å². The lowest BCUT2D eigenvalue weighted by Gasteiger charge is -2.10. The Morgan fingerprint density at radius 1 is 0.933 bits per heavy atom. The van der Waals surface area contributed by atoms with Gasteiger partial charge in [-0.05, 0) is 54.1 Å². The van der Waals surface area contributed by atoms with Gasteiger partial charge in [0.15, 0.2) is 0 Å². The van der Waals surface area contributed by atoms with E-state index in [2.05, 4.69) is 5.32 Å². The predicted octanol–water partition coefficient (Wildman–Crippen LogP) is 4.38. The van der Waals surface area contributed by atoms with Crippen molar-refractivity contribution < 1.29 is 23.1 Å². The molecule has 0 saturated carbocycles. The quantitative estimate of drug-likeness (QED) is 0.657. The van der Waals surface area contributed by atoms with Gasteiger partial charge in [0.2, 0.25) is 0 Å². The second-order valence-corrected chi connectivity index (χ2v) is 6.13. The summed E-state index contributed by atoms with van der Waals surface area (Å²) < 4.78 is 32.8. The van der Waals surface area contributed by atoms with Gasteiger partial charge in [0.1, 0.15) is 29.6 Å². The van der Waals surface area contributed by atoms with Crippen LogP contribution < -0.4 is 15.4 Å². The van der Waals surface area contributed by atoms with E-state index in [0.29, 0.717) is 23.6 Å². The summed E-state index contributed by atoms with van der Waals surface area (Å²) in [4.78, 5) is 23.8. The number of imide groups is 1. The molecule has 0 bridgehead atoms.